The van der Waals surface area contributed by atoms with Crippen LogP contribution in [-0.4, -0.2) is 39.1 Å². The fourth-order valence-electron chi connectivity index (χ4n) is 2.25. The second kappa shape index (κ2) is 9.19. The van der Waals surface area contributed by atoms with Gasteiger partial charge in [-0.25, -0.2) is 0 Å². The molecule has 0 saturated carbocycles. The van der Waals surface area contributed by atoms with Crippen molar-refractivity contribution in [2.24, 2.45) is 0 Å². The zero-order valence-electron chi connectivity index (χ0n) is 14.1. The standard InChI is InChI=1S/C18H20BrN3O3/c1-22(12-18(24)21-16-6-4-3-5-15(16)19)11-17(23)20-13-7-9-14(25-2)10-8-13/h3-10H,11-12H2,1-2H3,(H,20,23)(H,21,24)/p+1. The maximum Gasteiger partial charge on any atom is 0.279 e. The molecule has 0 aliphatic carbocycles. The van der Waals surface area contributed by atoms with Crippen LogP contribution in [0.4, 0.5) is 11.4 Å². The largest absolute Gasteiger partial charge is 0.497 e. The van der Waals surface area contributed by atoms with Crippen molar-refractivity contribution in [1.82, 2.24) is 0 Å². The van der Waals surface area contributed by atoms with Crippen molar-refractivity contribution < 1.29 is 19.2 Å². The molecule has 1 unspecified atom stereocenters. The lowest BCUT2D eigenvalue weighted by atomic mass is 10.3. The summed E-state index contributed by atoms with van der Waals surface area (Å²) in [4.78, 5) is 24.9. The number of halogens is 1. The van der Waals surface area contributed by atoms with Crippen LogP contribution in [-0.2, 0) is 9.59 Å². The minimum atomic E-state index is -0.156. The first kappa shape index (κ1) is 19.0. The van der Waals surface area contributed by atoms with E-state index in [1.54, 1.807) is 38.4 Å². The quantitative estimate of drug-likeness (QED) is 0.653. The summed E-state index contributed by atoms with van der Waals surface area (Å²) in [5, 5.41) is 5.63. The molecular weight excluding hydrogens is 386 g/mol. The van der Waals surface area contributed by atoms with Gasteiger partial charge in [-0.3, -0.25) is 9.59 Å². The molecule has 3 N–H and O–H groups in total. The number of ether oxygens (including phenoxy) is 1. The van der Waals surface area contributed by atoms with Gasteiger partial charge in [0.2, 0.25) is 0 Å². The molecule has 0 saturated heterocycles. The van der Waals surface area contributed by atoms with Crippen molar-refractivity contribution in [2.45, 2.75) is 0 Å². The summed E-state index contributed by atoms with van der Waals surface area (Å²) in [5.41, 5.74) is 1.40. The van der Waals surface area contributed by atoms with Crippen LogP contribution in [0.15, 0.2) is 53.0 Å². The maximum atomic E-state index is 12.1. The number of quaternary nitrogens is 1. The molecule has 7 heteroatoms. The number of para-hydroxylation sites is 1. The van der Waals surface area contributed by atoms with E-state index in [-0.39, 0.29) is 24.9 Å². The van der Waals surface area contributed by atoms with Gasteiger partial charge in [0, 0.05) is 10.2 Å². The average molecular weight is 407 g/mol. The number of likely N-dealkylation sites (N-methyl/N-ethyl adjacent to an activating group) is 1. The number of methoxy groups -OCH3 is 1. The van der Waals surface area contributed by atoms with E-state index in [0.29, 0.717) is 11.4 Å². The molecule has 132 valence electrons. The van der Waals surface area contributed by atoms with Gasteiger partial charge in [-0.2, -0.15) is 0 Å². The summed E-state index contributed by atoms with van der Waals surface area (Å²) in [6.45, 7) is 0.382. The summed E-state index contributed by atoms with van der Waals surface area (Å²) in [6, 6.07) is 14.5. The van der Waals surface area contributed by atoms with E-state index >= 15 is 0 Å². The third-order valence-electron chi connectivity index (χ3n) is 3.45. The molecule has 2 aromatic rings. The van der Waals surface area contributed by atoms with Crippen LogP contribution < -0.4 is 20.3 Å². The van der Waals surface area contributed by atoms with E-state index in [2.05, 4.69) is 26.6 Å². The van der Waals surface area contributed by atoms with Crippen molar-refractivity contribution in [2.75, 3.05) is 37.9 Å². The lowest BCUT2D eigenvalue weighted by Gasteiger charge is -2.14. The molecule has 0 bridgehead atoms. The van der Waals surface area contributed by atoms with Crippen LogP contribution in [0.2, 0.25) is 0 Å². The second-order valence-corrected chi connectivity index (χ2v) is 6.47. The Morgan fingerprint density at radius 2 is 1.60 bits per heavy atom. The molecule has 0 fully saturated rings. The van der Waals surface area contributed by atoms with Gasteiger partial charge in [0.25, 0.3) is 11.8 Å². The minimum absolute atomic E-state index is 0.151. The molecule has 0 spiro atoms. The first-order valence-electron chi connectivity index (χ1n) is 7.77. The molecule has 0 heterocycles. The third-order valence-corrected chi connectivity index (χ3v) is 4.14. The van der Waals surface area contributed by atoms with Gasteiger partial charge in [-0.05, 0) is 52.3 Å². The molecule has 25 heavy (non-hydrogen) atoms. The monoisotopic (exact) mass is 406 g/mol. The van der Waals surface area contributed by atoms with Gasteiger partial charge in [0.15, 0.2) is 13.1 Å². The number of hydrogen-bond donors (Lipinski definition) is 3. The van der Waals surface area contributed by atoms with Gasteiger partial charge >= 0.3 is 0 Å². The van der Waals surface area contributed by atoms with E-state index in [9.17, 15) is 9.59 Å². The van der Waals surface area contributed by atoms with E-state index in [4.69, 9.17) is 4.74 Å². The number of anilines is 2. The molecule has 0 aromatic heterocycles. The highest BCUT2D eigenvalue weighted by atomic mass is 79.9. The smallest absolute Gasteiger partial charge is 0.279 e. The Morgan fingerprint density at radius 1 is 1.00 bits per heavy atom. The zero-order valence-corrected chi connectivity index (χ0v) is 15.7. The highest BCUT2D eigenvalue weighted by Gasteiger charge is 2.15. The Labute approximate surface area is 155 Å². The summed E-state index contributed by atoms with van der Waals surface area (Å²) in [6.07, 6.45) is 0. The maximum absolute atomic E-state index is 12.1. The van der Waals surface area contributed by atoms with E-state index < -0.39 is 0 Å². The number of nitrogens with one attached hydrogen (secondary N) is 3. The Morgan fingerprint density at radius 3 is 2.20 bits per heavy atom. The molecule has 0 aliphatic heterocycles. The van der Waals surface area contributed by atoms with Crippen LogP contribution >= 0.6 is 15.9 Å². The second-order valence-electron chi connectivity index (χ2n) is 5.62. The lowest BCUT2D eigenvalue weighted by molar-refractivity contribution is -0.862. The third kappa shape index (κ3) is 6.21. The molecule has 2 amide bonds. The molecule has 6 nitrogen and oxygen atoms in total. The van der Waals surface area contributed by atoms with Gasteiger partial charge in [-0.15, -0.1) is 0 Å². The minimum Gasteiger partial charge on any atom is -0.497 e. The van der Waals surface area contributed by atoms with Gasteiger partial charge in [-0.1, -0.05) is 12.1 Å². The molecular formula is C18H21BrN3O3+. The highest BCUT2D eigenvalue weighted by Crippen LogP contribution is 2.20. The number of carbonyl (C=O) groups is 2. The van der Waals surface area contributed by atoms with Gasteiger partial charge in [0.05, 0.1) is 19.8 Å². The SMILES string of the molecule is COc1ccc(NC(=O)C[NH+](C)CC(=O)Nc2ccccc2Br)cc1. The summed E-state index contributed by atoms with van der Waals surface area (Å²) >= 11 is 3.38. The Balaban J connectivity index is 1.80. The van der Waals surface area contributed by atoms with Crippen molar-refractivity contribution >= 4 is 39.1 Å². The number of hydrogen-bond acceptors (Lipinski definition) is 3. The number of amides is 2. The Hall–Kier alpha value is -2.38. The van der Waals surface area contributed by atoms with Gasteiger partial charge in [0.1, 0.15) is 5.75 Å². The summed E-state index contributed by atoms with van der Waals surface area (Å²) < 4.78 is 5.89. The van der Waals surface area contributed by atoms with Crippen molar-refractivity contribution in [1.29, 1.82) is 0 Å². The molecule has 2 rings (SSSR count). The Kier molecular flexibility index (Phi) is 6.97. The van der Waals surface area contributed by atoms with Crippen molar-refractivity contribution in [3.63, 3.8) is 0 Å². The van der Waals surface area contributed by atoms with Crippen molar-refractivity contribution in [3.05, 3.63) is 53.0 Å². The average Bonchev–Trinajstić information content (AvgIpc) is 2.57. The number of rotatable bonds is 7. The van der Waals surface area contributed by atoms with Crippen LogP contribution in [0.1, 0.15) is 0 Å². The molecule has 0 radical (unpaired) electrons. The first-order valence-corrected chi connectivity index (χ1v) is 8.57. The zero-order chi connectivity index (χ0) is 18.2. The van der Waals surface area contributed by atoms with E-state index in [1.807, 2.05) is 24.3 Å². The fraction of sp³-hybridized carbons (Fsp3) is 0.222. The number of benzene rings is 2. The predicted octanol–water partition coefficient (Wildman–Crippen LogP) is 1.55. The molecule has 0 aliphatic rings. The normalized spacial score (nSPS) is 11.5. The summed E-state index contributed by atoms with van der Waals surface area (Å²) in [7, 11) is 3.39. The van der Waals surface area contributed by atoms with Gasteiger partial charge < -0.3 is 20.3 Å². The first-order chi connectivity index (χ1) is 12.0. The number of carbonyl (C=O) groups excluding carboxylic acids is 2. The van der Waals surface area contributed by atoms with Crippen LogP contribution in [0.25, 0.3) is 0 Å². The lowest BCUT2D eigenvalue weighted by Crippen LogP contribution is -3.11. The van der Waals surface area contributed by atoms with E-state index in [1.165, 1.54) is 0 Å². The van der Waals surface area contributed by atoms with Crippen molar-refractivity contribution in [3.8, 4) is 5.75 Å². The molecule has 1 atom stereocenters. The summed E-state index contributed by atoms with van der Waals surface area (Å²) in [5.74, 6) is 0.419. The topological polar surface area (TPSA) is 71.9 Å². The van der Waals surface area contributed by atoms with Crippen LogP contribution in [0.3, 0.4) is 0 Å². The Bertz CT molecular complexity index is 735. The van der Waals surface area contributed by atoms with Crippen LogP contribution in [0, 0.1) is 0 Å². The van der Waals surface area contributed by atoms with Crippen LogP contribution in [0.5, 0.6) is 5.75 Å². The van der Waals surface area contributed by atoms with E-state index in [0.717, 1.165) is 15.1 Å². The molecule has 2 aromatic carbocycles. The fourth-order valence-corrected chi connectivity index (χ4v) is 2.63. The predicted molar refractivity (Wildman–Crippen MR) is 101 cm³/mol. The highest BCUT2D eigenvalue weighted by molar-refractivity contribution is 9.10.